The molecule has 3 N–H and O–H groups in total. The molecular weight excluding hydrogens is 380 g/mol. The summed E-state index contributed by atoms with van der Waals surface area (Å²) in [7, 11) is -4.05. The standard InChI is InChI=1S/C17H17F2N3O2S2/c1-17(8-9-25-16(20)21-17)11-2-7-14(19)15(10-11)22-26(23,24)13-5-3-12(18)4-6-13/h2-7,10,22H,8-9H2,1H3,(H2,20,21). The lowest BCUT2D eigenvalue weighted by atomic mass is 9.89. The van der Waals surface area contributed by atoms with Crippen LogP contribution in [-0.2, 0) is 15.6 Å². The molecule has 5 nitrogen and oxygen atoms in total. The molecule has 1 unspecified atom stereocenters. The summed E-state index contributed by atoms with van der Waals surface area (Å²) in [6.45, 7) is 1.87. The van der Waals surface area contributed by atoms with Crippen molar-refractivity contribution in [3.63, 3.8) is 0 Å². The van der Waals surface area contributed by atoms with Crippen LogP contribution in [0, 0.1) is 11.6 Å². The molecule has 0 aliphatic carbocycles. The predicted octanol–water partition coefficient (Wildman–Crippen LogP) is 3.43. The highest BCUT2D eigenvalue weighted by Gasteiger charge is 2.30. The second-order valence-corrected chi connectivity index (χ2v) is 8.87. The first-order chi connectivity index (χ1) is 12.2. The second kappa shape index (κ2) is 6.88. The van der Waals surface area contributed by atoms with E-state index in [1.807, 2.05) is 6.92 Å². The van der Waals surface area contributed by atoms with Gasteiger partial charge in [0.25, 0.3) is 10.0 Å². The van der Waals surface area contributed by atoms with E-state index in [9.17, 15) is 17.2 Å². The fraction of sp³-hybridized carbons (Fsp3) is 0.235. The summed E-state index contributed by atoms with van der Waals surface area (Å²) >= 11 is 1.44. The zero-order valence-corrected chi connectivity index (χ0v) is 15.5. The lowest BCUT2D eigenvalue weighted by molar-refractivity contribution is 0.481. The molecule has 0 fully saturated rings. The minimum absolute atomic E-state index is 0.161. The molecule has 9 heteroatoms. The van der Waals surface area contributed by atoms with Crippen molar-refractivity contribution in [2.45, 2.75) is 23.8 Å². The van der Waals surface area contributed by atoms with E-state index in [0.29, 0.717) is 17.2 Å². The summed E-state index contributed by atoms with van der Waals surface area (Å²) in [5.41, 5.74) is 5.61. The van der Waals surface area contributed by atoms with Crippen molar-refractivity contribution in [1.29, 1.82) is 0 Å². The first kappa shape index (κ1) is 18.7. The van der Waals surface area contributed by atoms with Crippen LogP contribution in [0.3, 0.4) is 0 Å². The Morgan fingerprint density at radius 3 is 2.54 bits per heavy atom. The first-order valence-electron chi connectivity index (χ1n) is 7.76. The molecule has 0 aromatic heterocycles. The number of benzene rings is 2. The van der Waals surface area contributed by atoms with Crippen LogP contribution in [0.2, 0.25) is 0 Å². The number of nitrogens with one attached hydrogen (secondary N) is 1. The van der Waals surface area contributed by atoms with Crippen molar-refractivity contribution < 1.29 is 17.2 Å². The Morgan fingerprint density at radius 2 is 1.88 bits per heavy atom. The van der Waals surface area contributed by atoms with E-state index < -0.39 is 27.2 Å². The Hall–Kier alpha value is -2.13. The normalized spacial score (nSPS) is 20.5. The van der Waals surface area contributed by atoms with Crippen molar-refractivity contribution in [3.05, 3.63) is 59.7 Å². The Morgan fingerprint density at radius 1 is 1.19 bits per heavy atom. The van der Waals surface area contributed by atoms with Crippen LogP contribution in [0.15, 0.2) is 52.4 Å². The summed E-state index contributed by atoms with van der Waals surface area (Å²) in [5, 5.41) is 0.441. The number of halogens is 2. The van der Waals surface area contributed by atoms with E-state index in [2.05, 4.69) is 9.71 Å². The molecule has 0 radical (unpaired) electrons. The van der Waals surface area contributed by atoms with E-state index in [1.54, 1.807) is 6.07 Å². The molecular formula is C17H17F2N3O2S2. The van der Waals surface area contributed by atoms with Gasteiger partial charge in [-0.15, -0.1) is 0 Å². The molecule has 26 heavy (non-hydrogen) atoms. The van der Waals surface area contributed by atoms with Crippen molar-refractivity contribution in [1.82, 2.24) is 0 Å². The summed E-state index contributed by atoms with van der Waals surface area (Å²) in [5.74, 6) is -0.513. The number of hydrogen-bond donors (Lipinski definition) is 2. The average Bonchev–Trinajstić information content (AvgIpc) is 2.57. The molecule has 0 bridgehead atoms. The average molecular weight is 397 g/mol. The zero-order valence-electron chi connectivity index (χ0n) is 13.9. The highest BCUT2D eigenvalue weighted by atomic mass is 32.2. The Balaban J connectivity index is 1.96. The van der Waals surface area contributed by atoms with Gasteiger partial charge in [0.1, 0.15) is 11.6 Å². The van der Waals surface area contributed by atoms with Gasteiger partial charge in [-0.1, -0.05) is 17.8 Å². The highest BCUT2D eigenvalue weighted by Crippen LogP contribution is 2.36. The van der Waals surface area contributed by atoms with Crippen molar-refractivity contribution >= 4 is 32.6 Å². The number of aliphatic imine (C=N–C) groups is 1. The maximum atomic E-state index is 14.2. The quantitative estimate of drug-likeness (QED) is 0.828. The number of rotatable bonds is 4. The fourth-order valence-corrected chi connectivity index (χ4v) is 4.68. The van der Waals surface area contributed by atoms with Crippen molar-refractivity contribution in [2.75, 3.05) is 10.5 Å². The van der Waals surface area contributed by atoms with E-state index >= 15 is 0 Å². The molecule has 0 saturated heterocycles. The third-order valence-corrected chi connectivity index (χ3v) is 6.33. The third-order valence-electron chi connectivity index (χ3n) is 4.15. The van der Waals surface area contributed by atoms with Gasteiger partial charge >= 0.3 is 0 Å². The number of amidine groups is 1. The lowest BCUT2D eigenvalue weighted by Crippen LogP contribution is -2.29. The molecule has 0 amide bonds. The van der Waals surface area contributed by atoms with Gasteiger partial charge in [-0.3, -0.25) is 9.71 Å². The second-order valence-electron chi connectivity index (χ2n) is 6.08. The minimum atomic E-state index is -4.05. The summed E-state index contributed by atoms with van der Waals surface area (Å²) in [4.78, 5) is 4.27. The number of sulfonamides is 1. The maximum Gasteiger partial charge on any atom is 0.261 e. The lowest BCUT2D eigenvalue weighted by Gasteiger charge is -2.30. The number of nitrogens with zero attached hydrogens (tertiary/aromatic N) is 1. The fourth-order valence-electron chi connectivity index (χ4n) is 2.65. The van der Waals surface area contributed by atoms with Crippen LogP contribution in [0.5, 0.6) is 0 Å². The smallest absolute Gasteiger partial charge is 0.261 e. The van der Waals surface area contributed by atoms with Gasteiger partial charge in [-0.05, 0) is 55.3 Å². The van der Waals surface area contributed by atoms with Crippen molar-refractivity contribution in [3.8, 4) is 0 Å². The van der Waals surface area contributed by atoms with Crippen LogP contribution in [0.4, 0.5) is 14.5 Å². The molecule has 0 spiro atoms. The molecule has 0 saturated carbocycles. The largest absolute Gasteiger partial charge is 0.379 e. The maximum absolute atomic E-state index is 14.2. The molecule has 138 valence electrons. The van der Waals surface area contributed by atoms with Gasteiger partial charge in [0.15, 0.2) is 5.17 Å². The summed E-state index contributed by atoms with van der Waals surface area (Å²) in [6, 6.07) is 8.46. The molecule has 1 aliphatic rings. The predicted molar refractivity (Wildman–Crippen MR) is 99.7 cm³/mol. The van der Waals surface area contributed by atoms with E-state index in [-0.39, 0.29) is 10.6 Å². The summed E-state index contributed by atoms with van der Waals surface area (Å²) < 4.78 is 54.3. The zero-order chi connectivity index (χ0) is 18.9. The number of thioether (sulfide) groups is 1. The van der Waals surface area contributed by atoms with Gasteiger partial charge in [-0.25, -0.2) is 17.2 Å². The van der Waals surface area contributed by atoms with Gasteiger partial charge in [0.05, 0.1) is 16.1 Å². The van der Waals surface area contributed by atoms with E-state index in [1.165, 1.54) is 23.9 Å². The SMILES string of the molecule is CC1(c2ccc(F)c(NS(=O)(=O)c3ccc(F)cc3)c2)CCSC(N)=N1. The molecule has 1 atom stereocenters. The van der Waals surface area contributed by atoms with E-state index in [0.717, 1.165) is 30.0 Å². The topological polar surface area (TPSA) is 84.5 Å². The van der Waals surface area contributed by atoms with Gasteiger partial charge < -0.3 is 5.73 Å². The molecule has 1 aliphatic heterocycles. The number of hydrogen-bond acceptors (Lipinski definition) is 5. The van der Waals surface area contributed by atoms with Gasteiger partial charge in [0, 0.05) is 5.75 Å². The Bertz CT molecular complexity index is 962. The first-order valence-corrected chi connectivity index (χ1v) is 10.2. The van der Waals surface area contributed by atoms with Crippen LogP contribution in [-0.4, -0.2) is 19.3 Å². The molecule has 1 heterocycles. The third kappa shape index (κ3) is 3.83. The Kier molecular flexibility index (Phi) is 4.94. The molecule has 3 rings (SSSR count). The summed E-state index contributed by atoms with van der Waals surface area (Å²) in [6.07, 6.45) is 0.689. The monoisotopic (exact) mass is 397 g/mol. The van der Waals surface area contributed by atoms with Crippen LogP contribution in [0.1, 0.15) is 18.9 Å². The van der Waals surface area contributed by atoms with Crippen LogP contribution in [0.25, 0.3) is 0 Å². The van der Waals surface area contributed by atoms with Gasteiger partial charge in [-0.2, -0.15) is 0 Å². The number of nitrogens with two attached hydrogens (primary N) is 1. The van der Waals surface area contributed by atoms with Gasteiger partial charge in [0.2, 0.25) is 0 Å². The molecule has 2 aromatic rings. The highest BCUT2D eigenvalue weighted by molar-refractivity contribution is 8.13. The van der Waals surface area contributed by atoms with Crippen LogP contribution < -0.4 is 10.5 Å². The number of anilines is 1. The van der Waals surface area contributed by atoms with Crippen LogP contribution >= 0.6 is 11.8 Å². The Labute approximate surface area is 154 Å². The minimum Gasteiger partial charge on any atom is -0.379 e. The van der Waals surface area contributed by atoms with E-state index in [4.69, 9.17) is 5.73 Å². The molecule has 2 aromatic carbocycles. The van der Waals surface area contributed by atoms with Crippen molar-refractivity contribution in [2.24, 2.45) is 10.7 Å².